The molecule has 0 bridgehead atoms. The Hall–Kier alpha value is -2.26. The molecule has 8 nitrogen and oxygen atoms in total. The standard InChI is InChI=1S/C23H34N4O4S/c1-27(19-10-6-2-3-7-11-19)32(30,31)17-9-5-4-8-14-25-20-21(23(29)22(20)28)26-18-12-15-24-16-13-18/h12-13,15-16,19,25H,2-11,14,17H2,1H3,(H,24,26). The summed E-state index contributed by atoms with van der Waals surface area (Å²) in [4.78, 5) is 27.6. The van der Waals surface area contributed by atoms with Crippen molar-refractivity contribution in [1.82, 2.24) is 9.29 Å². The van der Waals surface area contributed by atoms with Crippen LogP contribution in [0, 0.1) is 0 Å². The summed E-state index contributed by atoms with van der Waals surface area (Å²) < 4.78 is 26.9. The van der Waals surface area contributed by atoms with Gasteiger partial charge < -0.3 is 10.6 Å². The maximum Gasteiger partial charge on any atom is 0.253 e. The van der Waals surface area contributed by atoms with Crippen LogP contribution in [-0.4, -0.2) is 43.1 Å². The smallest absolute Gasteiger partial charge is 0.253 e. The second-order valence-electron chi connectivity index (χ2n) is 8.59. The van der Waals surface area contributed by atoms with Gasteiger partial charge in [-0.05, 0) is 37.8 Å². The Balaban J connectivity index is 1.35. The molecule has 0 unspecified atom stereocenters. The van der Waals surface area contributed by atoms with E-state index in [1.165, 1.54) is 12.8 Å². The van der Waals surface area contributed by atoms with Crippen LogP contribution in [0.1, 0.15) is 64.2 Å². The fourth-order valence-electron chi connectivity index (χ4n) is 4.23. The zero-order valence-electron chi connectivity index (χ0n) is 18.8. The fraction of sp³-hybridized carbons (Fsp3) is 0.609. The van der Waals surface area contributed by atoms with Crippen LogP contribution in [0.15, 0.2) is 34.1 Å². The number of nitrogens with zero attached hydrogens (tertiary/aromatic N) is 2. The van der Waals surface area contributed by atoms with E-state index in [4.69, 9.17) is 0 Å². The third-order valence-electron chi connectivity index (χ3n) is 6.27. The first-order chi connectivity index (χ1) is 15.4. The van der Waals surface area contributed by atoms with Gasteiger partial charge in [0, 0.05) is 37.7 Å². The van der Waals surface area contributed by atoms with Crippen molar-refractivity contribution in [3.63, 3.8) is 0 Å². The van der Waals surface area contributed by atoms with Crippen LogP contribution in [0.4, 0.5) is 17.1 Å². The van der Waals surface area contributed by atoms with E-state index in [9.17, 15) is 18.0 Å². The molecule has 1 aliphatic carbocycles. The Bertz CT molecular complexity index is 1020. The monoisotopic (exact) mass is 462 g/mol. The van der Waals surface area contributed by atoms with Gasteiger partial charge in [-0.25, -0.2) is 12.7 Å². The molecule has 32 heavy (non-hydrogen) atoms. The Morgan fingerprint density at radius 2 is 1.56 bits per heavy atom. The summed E-state index contributed by atoms with van der Waals surface area (Å²) in [7, 11) is -1.48. The molecule has 176 valence electrons. The molecule has 1 aliphatic rings. The molecule has 2 aromatic rings. The van der Waals surface area contributed by atoms with E-state index in [-0.39, 0.29) is 17.5 Å². The number of aromatic nitrogens is 1. The van der Waals surface area contributed by atoms with Gasteiger partial charge in [0.25, 0.3) is 10.9 Å². The van der Waals surface area contributed by atoms with Gasteiger partial charge >= 0.3 is 0 Å². The zero-order chi connectivity index (χ0) is 23.0. The topological polar surface area (TPSA) is 108 Å². The van der Waals surface area contributed by atoms with Crippen molar-refractivity contribution in [2.75, 3.05) is 30.0 Å². The van der Waals surface area contributed by atoms with Crippen molar-refractivity contribution in [3.8, 4) is 0 Å². The van der Waals surface area contributed by atoms with Crippen LogP contribution >= 0.6 is 0 Å². The number of sulfonamides is 1. The van der Waals surface area contributed by atoms with Crippen molar-refractivity contribution >= 4 is 27.1 Å². The first-order valence-corrected chi connectivity index (χ1v) is 13.2. The Morgan fingerprint density at radius 1 is 0.938 bits per heavy atom. The summed E-state index contributed by atoms with van der Waals surface area (Å²) in [5.74, 6) is 0.186. The minimum absolute atomic E-state index is 0.151. The second-order valence-corrected chi connectivity index (χ2v) is 10.7. The number of hydrogen-bond donors (Lipinski definition) is 2. The highest BCUT2D eigenvalue weighted by Crippen LogP contribution is 2.23. The van der Waals surface area contributed by atoms with Crippen molar-refractivity contribution < 1.29 is 8.42 Å². The Labute approximate surface area is 190 Å². The van der Waals surface area contributed by atoms with E-state index in [0.717, 1.165) is 44.9 Å². The SMILES string of the molecule is CN(C1CCCCCC1)S(=O)(=O)CCCCCCNc1c(Nc2ccncc2)c(=O)c1=O. The molecule has 1 fully saturated rings. The normalized spacial score (nSPS) is 15.7. The highest BCUT2D eigenvalue weighted by molar-refractivity contribution is 7.89. The van der Waals surface area contributed by atoms with Gasteiger partial charge in [-0.15, -0.1) is 0 Å². The minimum Gasteiger partial charge on any atom is -0.380 e. The average molecular weight is 463 g/mol. The lowest BCUT2D eigenvalue weighted by molar-refractivity contribution is 0.335. The molecule has 0 spiro atoms. The lowest BCUT2D eigenvalue weighted by Crippen LogP contribution is -2.38. The molecule has 0 amide bonds. The lowest BCUT2D eigenvalue weighted by Gasteiger charge is -2.26. The fourth-order valence-corrected chi connectivity index (χ4v) is 5.75. The Kier molecular flexibility index (Phi) is 8.81. The van der Waals surface area contributed by atoms with Gasteiger partial charge in [0.2, 0.25) is 10.0 Å². The maximum atomic E-state index is 12.6. The number of pyridine rings is 1. The van der Waals surface area contributed by atoms with E-state index in [2.05, 4.69) is 15.6 Å². The van der Waals surface area contributed by atoms with Gasteiger partial charge in [-0.1, -0.05) is 38.5 Å². The number of hydrogen-bond acceptors (Lipinski definition) is 7. The van der Waals surface area contributed by atoms with E-state index in [1.807, 2.05) is 0 Å². The molecule has 0 aliphatic heterocycles. The van der Waals surface area contributed by atoms with E-state index < -0.39 is 20.9 Å². The summed E-state index contributed by atoms with van der Waals surface area (Å²) >= 11 is 0. The second kappa shape index (κ2) is 11.6. The molecule has 1 saturated carbocycles. The molecule has 9 heteroatoms. The highest BCUT2D eigenvalue weighted by atomic mass is 32.2. The van der Waals surface area contributed by atoms with Crippen LogP contribution in [0.25, 0.3) is 0 Å². The molecule has 2 N–H and O–H groups in total. The third-order valence-corrected chi connectivity index (χ3v) is 8.25. The van der Waals surface area contributed by atoms with Crippen LogP contribution in [0.5, 0.6) is 0 Å². The molecule has 1 heterocycles. The molecular weight excluding hydrogens is 428 g/mol. The number of anilines is 3. The molecule has 0 saturated heterocycles. The third kappa shape index (κ3) is 6.38. The first-order valence-electron chi connectivity index (χ1n) is 11.6. The molecular formula is C23H34N4O4S. The maximum absolute atomic E-state index is 12.6. The van der Waals surface area contributed by atoms with Gasteiger partial charge in [0.1, 0.15) is 11.4 Å². The van der Waals surface area contributed by atoms with Crippen LogP contribution in [0.2, 0.25) is 0 Å². The predicted molar refractivity (Wildman–Crippen MR) is 129 cm³/mol. The van der Waals surface area contributed by atoms with Crippen molar-refractivity contribution in [1.29, 1.82) is 0 Å². The number of unbranched alkanes of at least 4 members (excludes halogenated alkanes) is 3. The summed E-state index contributed by atoms with van der Waals surface area (Å²) in [5, 5.41) is 6.01. The molecule has 3 rings (SSSR count). The summed E-state index contributed by atoms with van der Waals surface area (Å²) in [6.45, 7) is 0.560. The summed E-state index contributed by atoms with van der Waals surface area (Å²) in [6.07, 6.45) is 12.9. The summed E-state index contributed by atoms with van der Waals surface area (Å²) in [5.41, 5.74) is 0.278. The van der Waals surface area contributed by atoms with Gasteiger partial charge in [-0.2, -0.15) is 0 Å². The van der Waals surface area contributed by atoms with Crippen molar-refractivity contribution in [2.45, 2.75) is 70.3 Å². The minimum atomic E-state index is -3.21. The highest BCUT2D eigenvalue weighted by Gasteiger charge is 2.26. The van der Waals surface area contributed by atoms with Crippen molar-refractivity contribution in [3.05, 3.63) is 45.0 Å². The molecule has 0 radical (unpaired) electrons. The van der Waals surface area contributed by atoms with E-state index >= 15 is 0 Å². The molecule has 1 aromatic heterocycles. The van der Waals surface area contributed by atoms with E-state index in [0.29, 0.717) is 24.3 Å². The van der Waals surface area contributed by atoms with Gasteiger partial charge in [-0.3, -0.25) is 14.6 Å². The zero-order valence-corrected chi connectivity index (χ0v) is 19.6. The van der Waals surface area contributed by atoms with Gasteiger partial charge in [0.15, 0.2) is 0 Å². The number of nitrogens with one attached hydrogen (secondary N) is 2. The van der Waals surface area contributed by atoms with E-state index in [1.54, 1.807) is 35.9 Å². The van der Waals surface area contributed by atoms with Crippen LogP contribution in [0.3, 0.4) is 0 Å². The van der Waals surface area contributed by atoms with Crippen LogP contribution in [-0.2, 0) is 10.0 Å². The average Bonchev–Trinajstić information content (AvgIpc) is 3.09. The van der Waals surface area contributed by atoms with Crippen LogP contribution < -0.4 is 21.5 Å². The largest absolute Gasteiger partial charge is 0.380 e. The quantitative estimate of drug-likeness (QED) is 0.283. The van der Waals surface area contributed by atoms with Gasteiger partial charge in [0.05, 0.1) is 5.75 Å². The predicted octanol–water partition coefficient (Wildman–Crippen LogP) is 3.38. The number of rotatable bonds is 12. The van der Waals surface area contributed by atoms with Crippen molar-refractivity contribution in [2.24, 2.45) is 0 Å². The summed E-state index contributed by atoms with van der Waals surface area (Å²) in [6, 6.07) is 3.60. The molecule has 1 aromatic carbocycles. The molecule has 0 atom stereocenters. The lowest BCUT2D eigenvalue weighted by atomic mass is 10.1. The Morgan fingerprint density at radius 3 is 2.25 bits per heavy atom. The first kappa shape index (κ1) is 24.4.